The van der Waals surface area contributed by atoms with E-state index >= 15 is 0 Å². The molecule has 0 spiro atoms. The third-order valence-corrected chi connectivity index (χ3v) is 5.50. The molecule has 0 radical (unpaired) electrons. The Bertz CT molecular complexity index is 271. The summed E-state index contributed by atoms with van der Waals surface area (Å²) in [5, 5.41) is 5.93. The first-order valence-electron chi connectivity index (χ1n) is 6.88. The summed E-state index contributed by atoms with van der Waals surface area (Å²) in [5.41, 5.74) is 0. The molecule has 90 valence electrons. The van der Waals surface area contributed by atoms with Crippen LogP contribution in [-0.4, -0.2) is 28.9 Å². The number of hydrogen-bond acceptors (Lipinski definition) is 3. The van der Waals surface area contributed by atoms with E-state index in [0.717, 1.165) is 11.3 Å². The van der Waals surface area contributed by atoms with Gasteiger partial charge in [0.05, 0.1) is 11.1 Å². The van der Waals surface area contributed by atoms with Crippen LogP contribution in [0.15, 0.2) is 4.99 Å². The van der Waals surface area contributed by atoms with Gasteiger partial charge in [-0.3, -0.25) is 4.99 Å². The Balaban J connectivity index is 1.55. The molecule has 2 nitrogen and oxygen atoms in total. The van der Waals surface area contributed by atoms with E-state index in [0.29, 0.717) is 6.04 Å². The fraction of sp³-hybridized carbons (Fsp3) is 0.923. The van der Waals surface area contributed by atoms with E-state index in [2.05, 4.69) is 17.1 Å². The minimum absolute atomic E-state index is 0.678. The first kappa shape index (κ1) is 11.1. The highest BCUT2D eigenvalue weighted by molar-refractivity contribution is 8.14. The van der Waals surface area contributed by atoms with Crippen LogP contribution in [-0.2, 0) is 0 Å². The van der Waals surface area contributed by atoms with Crippen LogP contribution >= 0.6 is 11.8 Å². The van der Waals surface area contributed by atoms with Crippen LogP contribution in [0.25, 0.3) is 0 Å². The molecule has 1 saturated carbocycles. The van der Waals surface area contributed by atoms with Crippen molar-refractivity contribution >= 4 is 16.8 Å². The highest BCUT2D eigenvalue weighted by atomic mass is 32.2. The molecular weight excluding hydrogens is 216 g/mol. The maximum absolute atomic E-state index is 4.94. The molecule has 2 aliphatic heterocycles. The predicted molar refractivity (Wildman–Crippen MR) is 71.3 cm³/mol. The first-order chi connectivity index (χ1) is 7.92. The first-order valence-corrected chi connectivity index (χ1v) is 7.76. The lowest BCUT2D eigenvalue weighted by Crippen LogP contribution is -2.35. The van der Waals surface area contributed by atoms with Crippen LogP contribution in [0, 0.1) is 0 Å². The molecule has 3 atom stereocenters. The van der Waals surface area contributed by atoms with E-state index in [4.69, 9.17) is 4.99 Å². The third-order valence-electron chi connectivity index (χ3n) is 4.10. The van der Waals surface area contributed by atoms with E-state index < -0.39 is 0 Å². The summed E-state index contributed by atoms with van der Waals surface area (Å²) < 4.78 is 0. The van der Waals surface area contributed by atoms with Crippen molar-refractivity contribution in [1.29, 1.82) is 0 Å². The van der Waals surface area contributed by atoms with Gasteiger partial charge in [-0.25, -0.2) is 0 Å². The van der Waals surface area contributed by atoms with E-state index in [-0.39, 0.29) is 0 Å². The zero-order valence-electron chi connectivity index (χ0n) is 9.95. The molecule has 3 aliphatic rings. The molecule has 3 heteroatoms. The third kappa shape index (κ3) is 2.45. The van der Waals surface area contributed by atoms with Gasteiger partial charge in [0.1, 0.15) is 0 Å². The number of nitrogens with one attached hydrogen (secondary N) is 1. The summed E-state index contributed by atoms with van der Waals surface area (Å²) >= 11 is 2.10. The van der Waals surface area contributed by atoms with E-state index in [1.54, 1.807) is 0 Å². The molecular formula is C13H22N2S. The van der Waals surface area contributed by atoms with Crippen LogP contribution < -0.4 is 5.32 Å². The maximum atomic E-state index is 4.94. The monoisotopic (exact) mass is 238 g/mol. The summed E-state index contributed by atoms with van der Waals surface area (Å²) in [4.78, 5) is 4.94. The van der Waals surface area contributed by atoms with E-state index in [9.17, 15) is 0 Å². The molecule has 1 aliphatic carbocycles. The van der Waals surface area contributed by atoms with Crippen LogP contribution in [0.1, 0.15) is 51.4 Å². The van der Waals surface area contributed by atoms with Crippen molar-refractivity contribution in [3.05, 3.63) is 0 Å². The van der Waals surface area contributed by atoms with Gasteiger partial charge in [-0.15, -0.1) is 11.8 Å². The summed E-state index contributed by atoms with van der Waals surface area (Å²) in [6.45, 7) is 1.22. The average Bonchev–Trinajstić information content (AvgIpc) is 2.72. The highest BCUT2D eigenvalue weighted by Gasteiger charge is 2.32. The second-order valence-corrected chi connectivity index (χ2v) is 6.69. The second-order valence-electron chi connectivity index (χ2n) is 5.38. The van der Waals surface area contributed by atoms with Crippen LogP contribution in [0.3, 0.4) is 0 Å². The van der Waals surface area contributed by atoms with Gasteiger partial charge in [-0.1, -0.05) is 19.3 Å². The maximum Gasteiger partial charge on any atom is 0.0698 e. The molecule has 1 N–H and O–H groups in total. The molecule has 3 unspecified atom stereocenters. The summed E-state index contributed by atoms with van der Waals surface area (Å²) in [5.74, 6) is 0. The Labute approximate surface area is 103 Å². The highest BCUT2D eigenvalue weighted by Crippen LogP contribution is 2.38. The van der Waals surface area contributed by atoms with Gasteiger partial charge < -0.3 is 5.32 Å². The number of fused-ring (bicyclic) bond motifs is 1. The second kappa shape index (κ2) is 5.09. The van der Waals surface area contributed by atoms with Crippen molar-refractivity contribution < 1.29 is 0 Å². The van der Waals surface area contributed by atoms with Gasteiger partial charge >= 0.3 is 0 Å². The fourth-order valence-electron chi connectivity index (χ4n) is 3.16. The number of hydrogen-bond donors (Lipinski definition) is 1. The van der Waals surface area contributed by atoms with Crippen LogP contribution in [0.2, 0.25) is 0 Å². The Morgan fingerprint density at radius 2 is 2.00 bits per heavy atom. The number of piperidine rings is 1. The molecule has 2 heterocycles. The smallest absolute Gasteiger partial charge is 0.0698 e. The zero-order chi connectivity index (χ0) is 10.8. The van der Waals surface area contributed by atoms with Gasteiger partial charge in [-0.2, -0.15) is 0 Å². The molecule has 0 bridgehead atoms. The van der Waals surface area contributed by atoms with Crippen LogP contribution in [0.5, 0.6) is 0 Å². The lowest BCUT2D eigenvalue weighted by Gasteiger charge is -2.23. The largest absolute Gasteiger partial charge is 0.314 e. The molecule has 0 amide bonds. The van der Waals surface area contributed by atoms with Gasteiger partial charge in [-0.05, 0) is 32.2 Å². The van der Waals surface area contributed by atoms with Crippen molar-refractivity contribution in [2.24, 2.45) is 4.99 Å². The fourth-order valence-corrected chi connectivity index (χ4v) is 4.64. The van der Waals surface area contributed by atoms with E-state index in [1.165, 1.54) is 63.0 Å². The predicted octanol–water partition coefficient (Wildman–Crippen LogP) is 2.98. The quantitative estimate of drug-likeness (QED) is 0.800. The van der Waals surface area contributed by atoms with Gasteiger partial charge in [0, 0.05) is 17.7 Å². The summed E-state index contributed by atoms with van der Waals surface area (Å²) in [7, 11) is 0. The van der Waals surface area contributed by atoms with Crippen LogP contribution in [0.4, 0.5) is 0 Å². The van der Waals surface area contributed by atoms with Crippen molar-refractivity contribution in [2.45, 2.75) is 68.7 Å². The number of aliphatic imine (C=N–C) groups is 1. The molecule has 3 rings (SSSR count). The lowest BCUT2D eigenvalue weighted by molar-refractivity contribution is 0.410. The van der Waals surface area contributed by atoms with Gasteiger partial charge in [0.25, 0.3) is 0 Å². The van der Waals surface area contributed by atoms with Gasteiger partial charge in [0.15, 0.2) is 0 Å². The summed E-state index contributed by atoms with van der Waals surface area (Å²) in [6, 6.07) is 1.40. The standard InChI is InChI=1S/C13H22N2S/c1-2-7-12-11(6-1)15-13(16-12)9-10-5-3-4-8-14-10/h10-12,14H,1-9H2. The normalized spacial score (nSPS) is 39.2. The minimum Gasteiger partial charge on any atom is -0.314 e. The molecule has 0 aromatic heterocycles. The Hall–Kier alpha value is -0.0200. The lowest BCUT2D eigenvalue weighted by atomic mass is 9.95. The number of rotatable bonds is 2. The SMILES string of the molecule is C1CCC(CC2=NC3CCCCC3S2)NC1. The van der Waals surface area contributed by atoms with Crippen molar-refractivity contribution in [2.75, 3.05) is 6.54 Å². The zero-order valence-corrected chi connectivity index (χ0v) is 10.8. The molecule has 0 aromatic carbocycles. The van der Waals surface area contributed by atoms with E-state index in [1.807, 2.05) is 0 Å². The molecule has 2 fully saturated rings. The topological polar surface area (TPSA) is 24.4 Å². The van der Waals surface area contributed by atoms with Crippen molar-refractivity contribution in [1.82, 2.24) is 5.32 Å². The molecule has 16 heavy (non-hydrogen) atoms. The molecule has 1 saturated heterocycles. The molecule has 0 aromatic rings. The number of thioether (sulfide) groups is 1. The number of nitrogens with zero attached hydrogens (tertiary/aromatic N) is 1. The minimum atomic E-state index is 0.678. The Morgan fingerprint density at radius 3 is 2.81 bits per heavy atom. The summed E-state index contributed by atoms with van der Waals surface area (Å²) in [6.07, 6.45) is 10.9. The van der Waals surface area contributed by atoms with Gasteiger partial charge in [0.2, 0.25) is 0 Å². The average molecular weight is 238 g/mol. The van der Waals surface area contributed by atoms with Crippen molar-refractivity contribution in [3.8, 4) is 0 Å². The van der Waals surface area contributed by atoms with Crippen molar-refractivity contribution in [3.63, 3.8) is 0 Å². The Kier molecular flexibility index (Phi) is 3.53. The Morgan fingerprint density at radius 1 is 1.12 bits per heavy atom.